The largest absolute Gasteiger partial charge is 0.326 e. The van der Waals surface area contributed by atoms with Crippen molar-refractivity contribution in [2.24, 2.45) is 0 Å². The molecular formula is C18H18ClFN2O2. The molecule has 2 aromatic rings. The van der Waals surface area contributed by atoms with Crippen LogP contribution >= 0.6 is 11.6 Å². The highest BCUT2D eigenvalue weighted by Gasteiger charge is 2.16. The first kappa shape index (κ1) is 17.9. The van der Waals surface area contributed by atoms with Crippen LogP contribution in [-0.2, 0) is 9.59 Å². The Bertz CT molecular complexity index is 747. The Morgan fingerprint density at radius 3 is 2.46 bits per heavy atom. The highest BCUT2D eigenvalue weighted by atomic mass is 35.5. The van der Waals surface area contributed by atoms with Gasteiger partial charge in [-0.3, -0.25) is 9.59 Å². The van der Waals surface area contributed by atoms with Crippen molar-refractivity contribution in [3.63, 3.8) is 0 Å². The molecule has 24 heavy (non-hydrogen) atoms. The summed E-state index contributed by atoms with van der Waals surface area (Å²) in [6.45, 7) is 3.54. The summed E-state index contributed by atoms with van der Waals surface area (Å²) in [5.74, 6) is -0.797. The lowest BCUT2D eigenvalue weighted by molar-refractivity contribution is -0.117. The average Bonchev–Trinajstić information content (AvgIpc) is 2.52. The summed E-state index contributed by atoms with van der Waals surface area (Å²) in [5, 5.41) is 3.20. The van der Waals surface area contributed by atoms with Gasteiger partial charge in [0.1, 0.15) is 5.82 Å². The summed E-state index contributed by atoms with van der Waals surface area (Å²) >= 11 is 6.00. The molecule has 2 amide bonds. The molecule has 0 saturated heterocycles. The van der Waals surface area contributed by atoms with Crippen LogP contribution in [0.15, 0.2) is 42.5 Å². The van der Waals surface area contributed by atoms with Gasteiger partial charge in [0, 0.05) is 36.3 Å². The van der Waals surface area contributed by atoms with Crippen molar-refractivity contribution in [3.05, 3.63) is 58.9 Å². The molecule has 0 unspecified atom stereocenters. The number of halogens is 2. The predicted octanol–water partition coefficient (Wildman–Crippen LogP) is 4.17. The second-order valence-electron chi connectivity index (χ2n) is 5.41. The van der Waals surface area contributed by atoms with E-state index in [4.69, 9.17) is 11.6 Å². The van der Waals surface area contributed by atoms with Crippen molar-refractivity contribution in [1.29, 1.82) is 0 Å². The molecule has 0 atom stereocenters. The smallest absolute Gasteiger partial charge is 0.226 e. The van der Waals surface area contributed by atoms with Gasteiger partial charge in [0.15, 0.2) is 0 Å². The number of rotatable bonds is 5. The third-order valence-electron chi connectivity index (χ3n) is 3.53. The SMILES string of the molecule is CC(=O)N(CCC(=O)Nc1ccc(F)cc1)c1cc(Cl)ccc1C. The Hall–Kier alpha value is -2.40. The van der Waals surface area contributed by atoms with E-state index in [0.29, 0.717) is 16.4 Å². The number of benzene rings is 2. The number of anilines is 2. The second kappa shape index (κ2) is 7.93. The van der Waals surface area contributed by atoms with Crippen LogP contribution in [0.3, 0.4) is 0 Å². The standard InChI is InChI=1S/C18H18ClFN2O2/c1-12-3-4-14(19)11-17(12)22(13(2)23)10-9-18(24)21-16-7-5-15(20)6-8-16/h3-8,11H,9-10H2,1-2H3,(H,21,24). The minimum atomic E-state index is -0.368. The Kier molecular flexibility index (Phi) is 5.93. The summed E-state index contributed by atoms with van der Waals surface area (Å²) in [6, 6.07) is 10.8. The van der Waals surface area contributed by atoms with E-state index in [0.717, 1.165) is 5.56 Å². The number of nitrogens with zero attached hydrogens (tertiary/aromatic N) is 1. The fourth-order valence-corrected chi connectivity index (χ4v) is 2.46. The zero-order valence-electron chi connectivity index (χ0n) is 13.5. The molecule has 0 heterocycles. The maximum Gasteiger partial charge on any atom is 0.226 e. The lowest BCUT2D eigenvalue weighted by Gasteiger charge is -2.23. The number of carbonyl (C=O) groups is 2. The topological polar surface area (TPSA) is 49.4 Å². The first-order valence-electron chi connectivity index (χ1n) is 7.46. The van der Waals surface area contributed by atoms with Crippen LogP contribution in [0.4, 0.5) is 15.8 Å². The Morgan fingerprint density at radius 2 is 1.83 bits per heavy atom. The van der Waals surface area contributed by atoms with Gasteiger partial charge >= 0.3 is 0 Å². The molecule has 0 fully saturated rings. The normalized spacial score (nSPS) is 10.3. The van der Waals surface area contributed by atoms with Crippen molar-refractivity contribution < 1.29 is 14.0 Å². The molecule has 6 heteroatoms. The Morgan fingerprint density at radius 1 is 1.17 bits per heavy atom. The maximum atomic E-state index is 12.9. The summed E-state index contributed by atoms with van der Waals surface area (Å²) in [6.07, 6.45) is 0.114. The Balaban J connectivity index is 2.03. The van der Waals surface area contributed by atoms with Gasteiger partial charge in [-0.05, 0) is 48.9 Å². The van der Waals surface area contributed by atoms with Gasteiger partial charge in [-0.25, -0.2) is 4.39 Å². The second-order valence-corrected chi connectivity index (χ2v) is 5.84. The molecule has 0 aliphatic carbocycles. The predicted molar refractivity (Wildman–Crippen MR) is 93.9 cm³/mol. The third kappa shape index (κ3) is 4.80. The third-order valence-corrected chi connectivity index (χ3v) is 3.77. The van der Waals surface area contributed by atoms with E-state index in [1.807, 2.05) is 13.0 Å². The summed E-state index contributed by atoms with van der Waals surface area (Å²) in [5.41, 5.74) is 2.09. The fraction of sp³-hybridized carbons (Fsp3) is 0.222. The highest BCUT2D eigenvalue weighted by Crippen LogP contribution is 2.24. The van der Waals surface area contributed by atoms with E-state index in [1.165, 1.54) is 36.1 Å². The average molecular weight is 349 g/mol. The minimum Gasteiger partial charge on any atom is -0.326 e. The van der Waals surface area contributed by atoms with Crippen molar-refractivity contribution in [2.45, 2.75) is 20.3 Å². The fourth-order valence-electron chi connectivity index (χ4n) is 2.29. The first-order chi connectivity index (χ1) is 11.4. The van der Waals surface area contributed by atoms with Crippen molar-refractivity contribution in [1.82, 2.24) is 0 Å². The molecule has 0 radical (unpaired) electrons. The summed E-state index contributed by atoms with van der Waals surface area (Å²) in [4.78, 5) is 25.5. The van der Waals surface area contributed by atoms with E-state index in [1.54, 1.807) is 12.1 Å². The van der Waals surface area contributed by atoms with Crippen LogP contribution in [0.5, 0.6) is 0 Å². The van der Waals surface area contributed by atoms with Gasteiger partial charge < -0.3 is 10.2 Å². The monoisotopic (exact) mass is 348 g/mol. The van der Waals surface area contributed by atoms with Gasteiger partial charge in [-0.2, -0.15) is 0 Å². The van der Waals surface area contributed by atoms with Gasteiger partial charge in [-0.15, -0.1) is 0 Å². The molecule has 0 spiro atoms. The number of hydrogen-bond acceptors (Lipinski definition) is 2. The van der Waals surface area contributed by atoms with Crippen LogP contribution < -0.4 is 10.2 Å². The molecule has 0 bridgehead atoms. The highest BCUT2D eigenvalue weighted by molar-refractivity contribution is 6.31. The van der Waals surface area contributed by atoms with E-state index < -0.39 is 0 Å². The molecule has 0 aliphatic rings. The van der Waals surface area contributed by atoms with Crippen LogP contribution in [0.1, 0.15) is 18.9 Å². The molecule has 2 rings (SSSR count). The van der Waals surface area contributed by atoms with Crippen LogP contribution in [0.25, 0.3) is 0 Å². The molecule has 1 N–H and O–H groups in total. The van der Waals surface area contributed by atoms with Crippen LogP contribution in [0.2, 0.25) is 5.02 Å². The van der Waals surface area contributed by atoms with Crippen molar-refractivity contribution >= 4 is 34.8 Å². The maximum absolute atomic E-state index is 12.9. The molecule has 126 valence electrons. The zero-order chi connectivity index (χ0) is 17.7. The minimum absolute atomic E-state index is 0.114. The van der Waals surface area contributed by atoms with Gasteiger partial charge in [0.05, 0.1) is 0 Å². The molecule has 4 nitrogen and oxygen atoms in total. The van der Waals surface area contributed by atoms with E-state index in [-0.39, 0.29) is 30.6 Å². The number of carbonyl (C=O) groups excluding carboxylic acids is 2. The van der Waals surface area contributed by atoms with E-state index >= 15 is 0 Å². The number of aryl methyl sites for hydroxylation is 1. The molecule has 0 aromatic heterocycles. The summed E-state index contributed by atoms with van der Waals surface area (Å²) in [7, 11) is 0. The molecule has 0 aliphatic heterocycles. The number of nitrogens with one attached hydrogen (secondary N) is 1. The zero-order valence-corrected chi connectivity index (χ0v) is 14.2. The van der Waals surface area contributed by atoms with Gasteiger partial charge in [0.25, 0.3) is 0 Å². The number of amides is 2. The lowest BCUT2D eigenvalue weighted by Crippen LogP contribution is -2.32. The molecule has 0 saturated carbocycles. The van der Waals surface area contributed by atoms with Crippen LogP contribution in [0, 0.1) is 12.7 Å². The van der Waals surface area contributed by atoms with Gasteiger partial charge in [0.2, 0.25) is 11.8 Å². The lowest BCUT2D eigenvalue weighted by atomic mass is 10.1. The number of hydrogen-bond donors (Lipinski definition) is 1. The van der Waals surface area contributed by atoms with Crippen molar-refractivity contribution in [3.8, 4) is 0 Å². The van der Waals surface area contributed by atoms with Crippen LogP contribution in [-0.4, -0.2) is 18.4 Å². The van der Waals surface area contributed by atoms with Crippen molar-refractivity contribution in [2.75, 3.05) is 16.8 Å². The summed E-state index contributed by atoms with van der Waals surface area (Å²) < 4.78 is 12.9. The molecule has 2 aromatic carbocycles. The quantitative estimate of drug-likeness (QED) is 0.881. The molecular weight excluding hydrogens is 331 g/mol. The Labute approximate surface area is 145 Å². The van der Waals surface area contributed by atoms with E-state index in [2.05, 4.69) is 5.32 Å². The van der Waals surface area contributed by atoms with Gasteiger partial charge in [-0.1, -0.05) is 17.7 Å². The first-order valence-corrected chi connectivity index (χ1v) is 7.84. The van der Waals surface area contributed by atoms with E-state index in [9.17, 15) is 14.0 Å².